The van der Waals surface area contributed by atoms with E-state index in [9.17, 15) is 9.36 Å². The lowest BCUT2D eigenvalue weighted by Gasteiger charge is -2.13. The molecule has 0 saturated heterocycles. The van der Waals surface area contributed by atoms with Gasteiger partial charge in [-0.05, 0) is 6.92 Å². The average molecular weight is 228 g/mol. The summed E-state index contributed by atoms with van der Waals surface area (Å²) in [6, 6.07) is 0. The number of Topliss-reactive ketones (excluding diaryl/α,β-unsaturated/α-hetero) is 1. The molecule has 0 aromatic carbocycles. The van der Waals surface area contributed by atoms with Crippen molar-refractivity contribution in [2.45, 2.75) is 19.1 Å². The number of hydrogen-bond acceptors (Lipinski definition) is 6. The molecule has 3 N–H and O–H groups in total. The molecule has 0 aromatic heterocycles. The van der Waals surface area contributed by atoms with Crippen LogP contribution in [0.1, 0.15) is 6.92 Å². The Morgan fingerprint density at radius 2 is 2.00 bits per heavy atom. The molecule has 0 aliphatic carbocycles. The van der Waals surface area contributed by atoms with Gasteiger partial charge < -0.3 is 15.1 Å². The van der Waals surface area contributed by atoms with Crippen LogP contribution in [0.25, 0.3) is 0 Å². The first-order valence-electron chi connectivity index (χ1n) is 3.72. The molecule has 0 bridgehead atoms. The largest absolute Gasteiger partial charge is 0.472 e. The lowest BCUT2D eigenvalue weighted by molar-refractivity contribution is -0.134. The van der Waals surface area contributed by atoms with Crippen molar-refractivity contribution in [2.75, 3.05) is 13.7 Å². The zero-order chi connectivity index (χ0) is 11.4. The minimum absolute atomic E-state index is 0.798. The van der Waals surface area contributed by atoms with E-state index in [2.05, 4.69) is 9.05 Å². The predicted molar refractivity (Wildman–Crippen MR) is 45.5 cm³/mol. The minimum atomic E-state index is -4.21. The lowest BCUT2D eigenvalue weighted by atomic mass is 10.1. The maximum atomic E-state index is 10.9. The summed E-state index contributed by atoms with van der Waals surface area (Å²) in [7, 11) is -3.27. The molecular formula is C6H13O7P. The van der Waals surface area contributed by atoms with Crippen molar-refractivity contribution in [3.63, 3.8) is 0 Å². The third-order valence-corrected chi connectivity index (χ3v) is 2.30. The molecule has 0 aliphatic heterocycles. The SMILES string of the molecule is COP(=O)(O)OCC(=O)C(O)C(C)O. The quantitative estimate of drug-likeness (QED) is 0.503. The molecule has 8 heteroatoms. The number of ketones is 1. The Kier molecular flexibility index (Phi) is 5.43. The fourth-order valence-corrected chi connectivity index (χ4v) is 0.948. The number of carbonyl (C=O) groups is 1. The standard InChI is InChI=1S/C6H13O7P/c1-4(7)6(9)5(8)3-13-14(10,11)12-2/h4,6-7,9H,3H2,1-2H3,(H,10,11). The van der Waals surface area contributed by atoms with Crippen molar-refractivity contribution in [3.8, 4) is 0 Å². The molecule has 0 saturated carbocycles. The molecule has 7 nitrogen and oxygen atoms in total. The molecule has 84 valence electrons. The highest BCUT2D eigenvalue weighted by Gasteiger charge is 2.25. The summed E-state index contributed by atoms with van der Waals surface area (Å²) < 4.78 is 18.9. The fourth-order valence-electron chi connectivity index (χ4n) is 0.552. The first-order valence-corrected chi connectivity index (χ1v) is 5.21. The van der Waals surface area contributed by atoms with Crippen LogP contribution in [0.15, 0.2) is 0 Å². The second kappa shape index (κ2) is 5.55. The number of hydrogen-bond donors (Lipinski definition) is 3. The summed E-state index contributed by atoms with van der Waals surface area (Å²) in [4.78, 5) is 19.6. The van der Waals surface area contributed by atoms with Crippen LogP contribution in [0.4, 0.5) is 0 Å². The normalized spacial score (nSPS) is 19.8. The third-order valence-electron chi connectivity index (χ3n) is 1.39. The van der Waals surface area contributed by atoms with Crippen LogP contribution in [0.2, 0.25) is 0 Å². The molecule has 0 amide bonds. The zero-order valence-corrected chi connectivity index (χ0v) is 8.68. The highest BCUT2D eigenvalue weighted by atomic mass is 31.2. The topological polar surface area (TPSA) is 113 Å². The number of aliphatic hydroxyl groups excluding tert-OH is 2. The number of rotatable bonds is 6. The van der Waals surface area contributed by atoms with E-state index in [1.165, 1.54) is 6.92 Å². The second-order valence-corrected chi connectivity index (χ2v) is 4.14. The van der Waals surface area contributed by atoms with Crippen LogP contribution in [-0.2, 0) is 18.4 Å². The number of carbonyl (C=O) groups excluding carboxylic acids is 1. The first-order chi connectivity index (χ1) is 6.30. The highest BCUT2D eigenvalue weighted by Crippen LogP contribution is 2.41. The van der Waals surface area contributed by atoms with Gasteiger partial charge in [-0.1, -0.05) is 0 Å². The van der Waals surface area contributed by atoms with Crippen molar-refractivity contribution < 1.29 is 33.5 Å². The highest BCUT2D eigenvalue weighted by molar-refractivity contribution is 7.47. The van der Waals surface area contributed by atoms with Crippen LogP contribution >= 0.6 is 7.82 Å². The Morgan fingerprint density at radius 1 is 1.50 bits per heavy atom. The van der Waals surface area contributed by atoms with E-state index in [0.29, 0.717) is 0 Å². The summed E-state index contributed by atoms with van der Waals surface area (Å²) in [5, 5.41) is 17.8. The fraction of sp³-hybridized carbons (Fsp3) is 0.833. The molecule has 0 spiro atoms. The summed E-state index contributed by atoms with van der Waals surface area (Å²) in [6.07, 6.45) is -2.89. The molecular weight excluding hydrogens is 215 g/mol. The van der Waals surface area contributed by atoms with E-state index >= 15 is 0 Å². The Labute approximate surface area is 80.9 Å². The van der Waals surface area contributed by atoms with Gasteiger partial charge in [-0.3, -0.25) is 13.8 Å². The van der Waals surface area contributed by atoms with E-state index < -0.39 is 32.4 Å². The van der Waals surface area contributed by atoms with E-state index in [-0.39, 0.29) is 0 Å². The Bertz CT molecular complexity index is 238. The van der Waals surface area contributed by atoms with Gasteiger partial charge in [0.25, 0.3) is 0 Å². The van der Waals surface area contributed by atoms with Crippen LogP contribution in [-0.4, -0.2) is 46.8 Å². The summed E-state index contributed by atoms with van der Waals surface area (Å²) in [5.41, 5.74) is 0. The first kappa shape index (κ1) is 13.7. The minimum Gasteiger partial charge on any atom is -0.390 e. The molecule has 0 rings (SSSR count). The van der Waals surface area contributed by atoms with Crippen LogP contribution < -0.4 is 0 Å². The van der Waals surface area contributed by atoms with Gasteiger partial charge in [-0.15, -0.1) is 0 Å². The smallest absolute Gasteiger partial charge is 0.390 e. The summed E-state index contributed by atoms with van der Waals surface area (Å²) >= 11 is 0. The molecule has 0 fully saturated rings. The molecule has 0 heterocycles. The van der Waals surface area contributed by atoms with E-state index in [0.717, 1.165) is 7.11 Å². The molecule has 0 aromatic rings. The monoisotopic (exact) mass is 228 g/mol. The van der Waals surface area contributed by atoms with Gasteiger partial charge in [0.05, 0.1) is 6.10 Å². The van der Waals surface area contributed by atoms with Gasteiger partial charge in [-0.2, -0.15) is 0 Å². The summed E-state index contributed by atoms with van der Waals surface area (Å²) in [5.74, 6) is -0.897. The molecule has 0 radical (unpaired) electrons. The molecule has 14 heavy (non-hydrogen) atoms. The third kappa shape index (κ3) is 4.80. The molecule has 3 atom stereocenters. The van der Waals surface area contributed by atoms with Gasteiger partial charge in [0.1, 0.15) is 12.7 Å². The predicted octanol–water partition coefficient (Wildman–Crippen LogP) is -0.939. The molecule has 3 unspecified atom stereocenters. The number of phosphoric acid groups is 1. The van der Waals surface area contributed by atoms with Gasteiger partial charge >= 0.3 is 7.82 Å². The van der Waals surface area contributed by atoms with E-state index in [1.54, 1.807) is 0 Å². The van der Waals surface area contributed by atoms with Crippen molar-refractivity contribution in [1.29, 1.82) is 0 Å². The van der Waals surface area contributed by atoms with Crippen molar-refractivity contribution in [3.05, 3.63) is 0 Å². The molecule has 0 aliphatic rings. The van der Waals surface area contributed by atoms with Gasteiger partial charge in [0.2, 0.25) is 0 Å². The Morgan fingerprint density at radius 3 is 2.36 bits per heavy atom. The van der Waals surface area contributed by atoms with Crippen molar-refractivity contribution >= 4 is 13.6 Å². The van der Waals surface area contributed by atoms with Crippen LogP contribution in [0, 0.1) is 0 Å². The van der Waals surface area contributed by atoms with Gasteiger partial charge in [0, 0.05) is 7.11 Å². The maximum absolute atomic E-state index is 10.9. The lowest BCUT2D eigenvalue weighted by Crippen LogP contribution is -2.34. The van der Waals surface area contributed by atoms with E-state index in [1.807, 2.05) is 0 Å². The van der Waals surface area contributed by atoms with Gasteiger partial charge in [0.15, 0.2) is 5.78 Å². The Balaban J connectivity index is 4.04. The summed E-state index contributed by atoms with van der Waals surface area (Å²) in [6.45, 7) is 0.408. The van der Waals surface area contributed by atoms with Crippen molar-refractivity contribution in [2.24, 2.45) is 0 Å². The average Bonchev–Trinajstić information content (AvgIpc) is 2.13. The Hall–Kier alpha value is -0.300. The van der Waals surface area contributed by atoms with Crippen molar-refractivity contribution in [1.82, 2.24) is 0 Å². The number of phosphoric ester groups is 1. The van der Waals surface area contributed by atoms with Gasteiger partial charge in [-0.25, -0.2) is 4.57 Å². The van der Waals surface area contributed by atoms with Crippen LogP contribution in [0.5, 0.6) is 0 Å². The van der Waals surface area contributed by atoms with E-state index in [4.69, 9.17) is 15.1 Å². The maximum Gasteiger partial charge on any atom is 0.472 e. The second-order valence-electron chi connectivity index (χ2n) is 2.58. The number of aliphatic hydroxyl groups is 2. The zero-order valence-electron chi connectivity index (χ0n) is 7.78. The van der Waals surface area contributed by atoms with Crippen LogP contribution in [0.3, 0.4) is 0 Å².